The van der Waals surface area contributed by atoms with E-state index < -0.39 is 0 Å². The number of benzene rings is 1. The van der Waals surface area contributed by atoms with E-state index in [0.29, 0.717) is 6.54 Å². The number of rotatable bonds is 3. The quantitative estimate of drug-likeness (QED) is 0.564. The van der Waals surface area contributed by atoms with Gasteiger partial charge in [0.15, 0.2) is 12.4 Å². The van der Waals surface area contributed by atoms with Crippen molar-refractivity contribution in [3.63, 3.8) is 0 Å². The topological polar surface area (TPSA) is 20.9 Å². The molecule has 0 saturated carbocycles. The van der Waals surface area contributed by atoms with Crippen molar-refractivity contribution >= 4 is 5.78 Å². The minimum Gasteiger partial charge on any atom is -0.287 e. The van der Waals surface area contributed by atoms with E-state index in [1.165, 1.54) is 0 Å². The van der Waals surface area contributed by atoms with Crippen LogP contribution in [0.25, 0.3) is 0 Å². The van der Waals surface area contributed by atoms with Crippen LogP contribution in [-0.2, 0) is 6.54 Å². The third kappa shape index (κ3) is 2.34. The molecular formula is C14H14NO+. The van der Waals surface area contributed by atoms with E-state index in [0.717, 1.165) is 11.1 Å². The van der Waals surface area contributed by atoms with Crippen LogP contribution >= 0.6 is 0 Å². The molecule has 1 heterocycles. The lowest BCUT2D eigenvalue weighted by Gasteiger charge is -2.01. The van der Waals surface area contributed by atoms with Gasteiger partial charge in [0.1, 0.15) is 0 Å². The van der Waals surface area contributed by atoms with E-state index in [9.17, 15) is 4.79 Å². The minimum absolute atomic E-state index is 0.148. The average molecular weight is 212 g/mol. The summed E-state index contributed by atoms with van der Waals surface area (Å²) in [6.45, 7) is 2.36. The second-order valence-electron chi connectivity index (χ2n) is 3.79. The third-order valence-electron chi connectivity index (χ3n) is 2.55. The molecule has 16 heavy (non-hydrogen) atoms. The summed E-state index contributed by atoms with van der Waals surface area (Å²) in [5, 5.41) is 0. The largest absolute Gasteiger partial charge is 0.287 e. The van der Waals surface area contributed by atoms with Gasteiger partial charge in [0, 0.05) is 17.7 Å². The van der Waals surface area contributed by atoms with Gasteiger partial charge in [-0.15, -0.1) is 0 Å². The number of pyridine rings is 1. The van der Waals surface area contributed by atoms with Crippen LogP contribution < -0.4 is 4.57 Å². The third-order valence-corrected chi connectivity index (χ3v) is 2.55. The Balaban J connectivity index is 2.19. The number of carbonyl (C=O) groups excluding carboxylic acids is 1. The zero-order valence-corrected chi connectivity index (χ0v) is 9.26. The maximum absolute atomic E-state index is 12.0. The van der Waals surface area contributed by atoms with Crippen molar-refractivity contribution in [2.45, 2.75) is 13.5 Å². The average Bonchev–Trinajstić information content (AvgIpc) is 2.31. The highest BCUT2D eigenvalue weighted by atomic mass is 16.1. The number of nitrogens with zero attached hydrogens (tertiary/aromatic N) is 1. The van der Waals surface area contributed by atoms with Gasteiger partial charge in [-0.1, -0.05) is 30.3 Å². The molecule has 80 valence electrons. The van der Waals surface area contributed by atoms with Gasteiger partial charge in [0.05, 0.1) is 0 Å². The lowest BCUT2D eigenvalue weighted by molar-refractivity contribution is -0.683. The molecule has 0 spiro atoms. The van der Waals surface area contributed by atoms with Crippen LogP contribution in [0.2, 0.25) is 0 Å². The molecule has 0 saturated heterocycles. The Morgan fingerprint density at radius 2 is 1.75 bits per heavy atom. The second kappa shape index (κ2) is 4.71. The Morgan fingerprint density at radius 1 is 1.06 bits per heavy atom. The van der Waals surface area contributed by atoms with E-state index in [4.69, 9.17) is 0 Å². The molecule has 2 heteroatoms. The van der Waals surface area contributed by atoms with Gasteiger partial charge in [0.25, 0.3) is 0 Å². The molecule has 2 aromatic rings. The Labute approximate surface area is 95.2 Å². The summed E-state index contributed by atoms with van der Waals surface area (Å²) in [5.74, 6) is 0.148. The smallest absolute Gasteiger partial charge is 0.227 e. The minimum atomic E-state index is 0.148. The highest BCUT2D eigenvalue weighted by molar-refractivity contribution is 5.96. The first-order valence-electron chi connectivity index (χ1n) is 5.30. The SMILES string of the molecule is Cc1ccccc1C(=O)C[n+]1ccccc1. The lowest BCUT2D eigenvalue weighted by atomic mass is 10.1. The Morgan fingerprint density at radius 3 is 2.44 bits per heavy atom. The van der Waals surface area contributed by atoms with Crippen LogP contribution in [0.15, 0.2) is 54.9 Å². The molecule has 0 aliphatic rings. The van der Waals surface area contributed by atoms with E-state index in [1.54, 1.807) is 0 Å². The molecule has 0 radical (unpaired) electrons. The van der Waals surface area contributed by atoms with E-state index in [1.807, 2.05) is 66.3 Å². The molecule has 0 aliphatic heterocycles. The zero-order chi connectivity index (χ0) is 11.4. The summed E-state index contributed by atoms with van der Waals surface area (Å²) in [7, 11) is 0. The highest BCUT2D eigenvalue weighted by Crippen LogP contribution is 2.07. The van der Waals surface area contributed by atoms with Gasteiger partial charge in [-0.25, -0.2) is 0 Å². The lowest BCUT2D eigenvalue weighted by Crippen LogP contribution is -2.37. The number of carbonyl (C=O) groups is 1. The number of hydrogen-bond donors (Lipinski definition) is 0. The molecule has 0 aliphatic carbocycles. The van der Waals surface area contributed by atoms with Crippen LogP contribution in [0.5, 0.6) is 0 Å². The summed E-state index contributed by atoms with van der Waals surface area (Å²) in [6, 6.07) is 13.5. The van der Waals surface area contributed by atoms with Gasteiger partial charge < -0.3 is 0 Å². The van der Waals surface area contributed by atoms with Crippen LogP contribution in [0.1, 0.15) is 15.9 Å². The van der Waals surface area contributed by atoms with Crippen molar-refractivity contribution in [2.75, 3.05) is 0 Å². The summed E-state index contributed by atoms with van der Waals surface area (Å²) in [5.41, 5.74) is 1.84. The van der Waals surface area contributed by atoms with Crippen molar-refractivity contribution in [2.24, 2.45) is 0 Å². The number of aromatic nitrogens is 1. The maximum atomic E-state index is 12.0. The first-order chi connectivity index (χ1) is 7.77. The molecule has 0 N–H and O–H groups in total. The number of aryl methyl sites for hydroxylation is 1. The Bertz CT molecular complexity index is 491. The molecule has 0 bridgehead atoms. The molecule has 2 rings (SSSR count). The zero-order valence-electron chi connectivity index (χ0n) is 9.26. The first-order valence-corrected chi connectivity index (χ1v) is 5.30. The number of hydrogen-bond acceptors (Lipinski definition) is 1. The van der Waals surface area contributed by atoms with Crippen molar-refractivity contribution in [3.8, 4) is 0 Å². The number of Topliss-reactive ketones (excluding diaryl/α,β-unsaturated/α-hetero) is 1. The van der Waals surface area contributed by atoms with Gasteiger partial charge in [-0.2, -0.15) is 4.57 Å². The summed E-state index contributed by atoms with van der Waals surface area (Å²) in [4.78, 5) is 12.0. The van der Waals surface area contributed by atoms with Crippen LogP contribution in [0, 0.1) is 6.92 Å². The molecule has 1 aromatic carbocycles. The van der Waals surface area contributed by atoms with Gasteiger partial charge in [-0.3, -0.25) is 4.79 Å². The van der Waals surface area contributed by atoms with Crippen LogP contribution in [0.3, 0.4) is 0 Å². The summed E-state index contributed by atoms with van der Waals surface area (Å²) in [6.07, 6.45) is 3.80. The molecule has 0 unspecified atom stereocenters. The maximum Gasteiger partial charge on any atom is 0.227 e. The van der Waals surface area contributed by atoms with Gasteiger partial charge in [0.2, 0.25) is 12.3 Å². The Kier molecular flexibility index (Phi) is 3.10. The fourth-order valence-electron chi connectivity index (χ4n) is 1.68. The van der Waals surface area contributed by atoms with Crippen molar-refractivity contribution < 1.29 is 9.36 Å². The molecule has 1 aromatic heterocycles. The van der Waals surface area contributed by atoms with E-state index >= 15 is 0 Å². The highest BCUT2D eigenvalue weighted by Gasteiger charge is 2.12. The monoisotopic (exact) mass is 212 g/mol. The summed E-state index contributed by atoms with van der Waals surface area (Å²) < 4.78 is 1.88. The Hall–Kier alpha value is -1.96. The van der Waals surface area contributed by atoms with Crippen LogP contribution in [-0.4, -0.2) is 5.78 Å². The number of ketones is 1. The predicted octanol–water partition coefficient (Wildman–Crippen LogP) is 2.17. The fraction of sp³-hybridized carbons (Fsp3) is 0.143. The first kappa shape index (κ1) is 10.6. The van der Waals surface area contributed by atoms with Crippen molar-refractivity contribution in [3.05, 3.63) is 66.0 Å². The van der Waals surface area contributed by atoms with Gasteiger partial charge >= 0.3 is 0 Å². The van der Waals surface area contributed by atoms with Gasteiger partial charge in [-0.05, 0) is 12.5 Å². The summed E-state index contributed by atoms with van der Waals surface area (Å²) >= 11 is 0. The van der Waals surface area contributed by atoms with Crippen LogP contribution in [0.4, 0.5) is 0 Å². The molecule has 0 fully saturated rings. The van der Waals surface area contributed by atoms with E-state index in [2.05, 4.69) is 0 Å². The van der Waals surface area contributed by atoms with Crippen molar-refractivity contribution in [1.29, 1.82) is 0 Å². The fourth-order valence-corrected chi connectivity index (χ4v) is 1.68. The standard InChI is InChI=1S/C14H14NO/c1-12-7-3-4-8-13(12)14(16)11-15-9-5-2-6-10-15/h2-10H,11H2,1H3/q+1. The molecular weight excluding hydrogens is 198 g/mol. The second-order valence-corrected chi connectivity index (χ2v) is 3.79. The molecule has 0 atom stereocenters. The normalized spacial score (nSPS) is 10.1. The molecule has 0 amide bonds. The predicted molar refractivity (Wildman–Crippen MR) is 62.1 cm³/mol. The van der Waals surface area contributed by atoms with E-state index in [-0.39, 0.29) is 5.78 Å². The van der Waals surface area contributed by atoms with Crippen molar-refractivity contribution in [1.82, 2.24) is 0 Å². The molecule has 2 nitrogen and oxygen atoms in total.